The molecule has 0 spiro atoms. The lowest BCUT2D eigenvalue weighted by molar-refractivity contribution is -0.0511. The molecule has 3 aliphatic heterocycles. The zero-order chi connectivity index (χ0) is 39.6. The van der Waals surface area contributed by atoms with Crippen LogP contribution >= 0.6 is 0 Å². The van der Waals surface area contributed by atoms with E-state index in [1.807, 2.05) is 4.90 Å². The summed E-state index contributed by atoms with van der Waals surface area (Å²) in [4.78, 5) is 18.7. The summed E-state index contributed by atoms with van der Waals surface area (Å²) in [6, 6.07) is 6.22. The fourth-order valence-corrected chi connectivity index (χ4v) is 9.26. The zero-order valence-corrected chi connectivity index (χ0v) is 32.3. The number of methoxy groups -OCH3 is 1. The Labute approximate surface area is 325 Å². The molecule has 3 saturated heterocycles. The van der Waals surface area contributed by atoms with Crippen molar-refractivity contribution in [1.29, 1.82) is 0 Å². The lowest BCUT2D eigenvalue weighted by atomic mass is 9.74. The summed E-state index contributed by atoms with van der Waals surface area (Å²) >= 11 is 0. The molecule has 0 amide bonds. The highest BCUT2D eigenvalue weighted by atomic mass is 19.1. The van der Waals surface area contributed by atoms with Crippen LogP contribution in [0.5, 0.6) is 17.6 Å². The molecule has 2 aromatic heterocycles. The number of aromatic hydroxyl groups is 1. The number of aliphatic hydroxyl groups excluding tert-OH is 1. The summed E-state index contributed by atoms with van der Waals surface area (Å²) in [6.45, 7) is 7.43. The summed E-state index contributed by atoms with van der Waals surface area (Å²) in [5.41, 5.74) is -1.75. The molecule has 12 nitrogen and oxygen atoms in total. The van der Waals surface area contributed by atoms with Gasteiger partial charge >= 0.3 is 6.01 Å². The molecule has 2 aromatic carbocycles. The number of phenols is 1. The van der Waals surface area contributed by atoms with Gasteiger partial charge in [0.2, 0.25) is 5.88 Å². The molecule has 14 heteroatoms. The Morgan fingerprint density at radius 1 is 1.02 bits per heavy atom. The number of benzene rings is 2. The van der Waals surface area contributed by atoms with E-state index < -0.39 is 17.2 Å². The summed E-state index contributed by atoms with van der Waals surface area (Å²) in [6.07, 6.45) is 13.1. The van der Waals surface area contributed by atoms with E-state index in [-0.39, 0.29) is 88.3 Å². The quantitative estimate of drug-likeness (QED) is 0.201. The number of aliphatic hydroxyl groups is 2. The normalized spacial score (nSPS) is 24.6. The van der Waals surface area contributed by atoms with E-state index >= 15 is 8.78 Å². The number of hydrogen-bond acceptors (Lipinski definition) is 12. The first kappa shape index (κ1) is 39.8. The van der Waals surface area contributed by atoms with Crippen LogP contribution in [0.1, 0.15) is 64.4 Å². The Balaban J connectivity index is 0.00000155. The van der Waals surface area contributed by atoms with Crippen molar-refractivity contribution in [2.45, 2.75) is 76.5 Å². The van der Waals surface area contributed by atoms with Gasteiger partial charge in [0.1, 0.15) is 39.6 Å². The number of aromatic nitrogens is 3. The molecule has 0 radical (unpaired) electrons. The number of fused-ring (bicyclic) bond motifs is 3. The number of terminal acetylenes is 1. The van der Waals surface area contributed by atoms with Gasteiger partial charge in [0.05, 0.1) is 39.0 Å². The number of phenolic OH excluding ortho intramolecular Hbond substituents is 1. The number of β-amino-alcohol motifs (C(OH)–C–C–N with tert-alkyl or cyclic N) is 1. The van der Waals surface area contributed by atoms with Crippen LogP contribution < -0.4 is 14.4 Å². The van der Waals surface area contributed by atoms with Gasteiger partial charge in [-0.2, -0.15) is 9.97 Å². The molecule has 56 heavy (non-hydrogen) atoms. The largest absolute Gasteiger partial charge is 0.508 e. The lowest BCUT2D eigenvalue weighted by Crippen LogP contribution is -2.56. The number of halogens is 2. The van der Waals surface area contributed by atoms with Gasteiger partial charge in [-0.3, -0.25) is 4.90 Å². The predicted octanol–water partition coefficient (Wildman–Crippen LogP) is 5.60. The minimum Gasteiger partial charge on any atom is -0.508 e. The second kappa shape index (κ2) is 16.6. The second-order valence-electron chi connectivity index (χ2n) is 15.5. The number of hydrogen-bond donors (Lipinski definition) is 3. The average Bonchev–Trinajstić information content (AvgIpc) is 3.54. The van der Waals surface area contributed by atoms with Crippen molar-refractivity contribution in [3.63, 3.8) is 0 Å². The molecule has 3 unspecified atom stereocenters. The predicted molar refractivity (Wildman–Crippen MR) is 208 cm³/mol. The Morgan fingerprint density at radius 2 is 1.79 bits per heavy atom. The summed E-state index contributed by atoms with van der Waals surface area (Å²) in [7, 11) is 1.40. The maximum atomic E-state index is 17.3. The molecule has 5 heterocycles. The molecule has 1 saturated carbocycles. The van der Waals surface area contributed by atoms with Crippen molar-refractivity contribution < 1.29 is 43.0 Å². The van der Waals surface area contributed by atoms with Crippen LogP contribution in [-0.2, 0) is 9.47 Å². The SMILES string of the molecule is C#Cc1c(F)ccc2cc(O)cc(-c3nc(OC)c4c(N5CCOCC(C)(O)C5)nc(OCC56CCCC5N(C5CCOCC5)CCC6)nc4c3F)c12.CCO. The fourth-order valence-electron chi connectivity index (χ4n) is 9.26. The fraction of sp³-hybridized carbons (Fsp3) is 0.548. The molecular weight excluding hydrogens is 724 g/mol. The van der Waals surface area contributed by atoms with E-state index in [1.165, 1.54) is 31.4 Å². The van der Waals surface area contributed by atoms with Gasteiger partial charge in [-0.15, -0.1) is 6.42 Å². The maximum Gasteiger partial charge on any atom is 0.319 e. The molecule has 4 aliphatic rings. The molecular formula is C42H51F2N5O7. The van der Waals surface area contributed by atoms with Crippen LogP contribution in [0, 0.1) is 29.4 Å². The van der Waals surface area contributed by atoms with Gasteiger partial charge in [-0.1, -0.05) is 18.4 Å². The van der Waals surface area contributed by atoms with Crippen LogP contribution in [0.25, 0.3) is 32.9 Å². The van der Waals surface area contributed by atoms with Crippen molar-refractivity contribution in [2.75, 3.05) is 71.3 Å². The van der Waals surface area contributed by atoms with Crippen LogP contribution in [0.4, 0.5) is 14.6 Å². The van der Waals surface area contributed by atoms with E-state index in [1.54, 1.807) is 13.8 Å². The van der Waals surface area contributed by atoms with Gasteiger partial charge in [0, 0.05) is 54.8 Å². The third-order valence-electron chi connectivity index (χ3n) is 11.6. The highest BCUT2D eigenvalue weighted by Crippen LogP contribution is 2.49. The number of anilines is 1. The summed E-state index contributed by atoms with van der Waals surface area (Å²) in [5.74, 6) is 0.938. The number of pyridine rings is 1. The Bertz CT molecular complexity index is 2110. The average molecular weight is 776 g/mol. The van der Waals surface area contributed by atoms with Crippen LogP contribution in [0.15, 0.2) is 24.3 Å². The van der Waals surface area contributed by atoms with E-state index in [0.29, 0.717) is 30.6 Å². The van der Waals surface area contributed by atoms with E-state index in [9.17, 15) is 10.2 Å². The molecule has 8 rings (SSSR count). The Morgan fingerprint density at radius 3 is 2.54 bits per heavy atom. The van der Waals surface area contributed by atoms with Crippen LogP contribution in [0.3, 0.4) is 0 Å². The van der Waals surface area contributed by atoms with Gasteiger partial charge in [-0.05, 0) is 82.5 Å². The lowest BCUT2D eigenvalue weighted by Gasteiger charge is -2.50. The van der Waals surface area contributed by atoms with Crippen LogP contribution in [-0.4, -0.2) is 119 Å². The molecule has 3 N–H and O–H groups in total. The molecule has 300 valence electrons. The highest BCUT2D eigenvalue weighted by Gasteiger charge is 2.50. The van der Waals surface area contributed by atoms with Crippen molar-refractivity contribution in [3.05, 3.63) is 41.5 Å². The first-order valence-corrected chi connectivity index (χ1v) is 19.5. The first-order chi connectivity index (χ1) is 27.0. The van der Waals surface area contributed by atoms with Gasteiger partial charge in [0.25, 0.3) is 0 Å². The van der Waals surface area contributed by atoms with Gasteiger partial charge in [0.15, 0.2) is 5.82 Å². The Hall–Kier alpha value is -4.39. The van der Waals surface area contributed by atoms with Crippen molar-refractivity contribution >= 4 is 27.5 Å². The highest BCUT2D eigenvalue weighted by molar-refractivity contribution is 6.04. The number of nitrogens with zero attached hydrogens (tertiary/aromatic N) is 5. The summed E-state index contributed by atoms with van der Waals surface area (Å²) < 4.78 is 56.1. The minimum atomic E-state index is -1.24. The van der Waals surface area contributed by atoms with E-state index in [4.69, 9.17) is 40.4 Å². The van der Waals surface area contributed by atoms with Crippen LogP contribution in [0.2, 0.25) is 0 Å². The smallest absolute Gasteiger partial charge is 0.319 e. The maximum absolute atomic E-state index is 17.3. The zero-order valence-electron chi connectivity index (χ0n) is 32.3. The number of ether oxygens (including phenoxy) is 4. The molecule has 0 bridgehead atoms. The monoisotopic (exact) mass is 775 g/mol. The van der Waals surface area contributed by atoms with Crippen molar-refractivity contribution in [3.8, 4) is 41.2 Å². The third kappa shape index (κ3) is 7.67. The third-order valence-corrected chi connectivity index (χ3v) is 11.6. The number of piperidine rings is 1. The van der Waals surface area contributed by atoms with E-state index in [0.717, 1.165) is 64.7 Å². The topological polar surface area (TPSA) is 143 Å². The second-order valence-corrected chi connectivity index (χ2v) is 15.5. The number of rotatable bonds is 7. The minimum absolute atomic E-state index is 0.00764. The van der Waals surface area contributed by atoms with Gasteiger partial charge in [-0.25, -0.2) is 13.8 Å². The van der Waals surface area contributed by atoms with Gasteiger partial charge < -0.3 is 39.2 Å². The first-order valence-electron chi connectivity index (χ1n) is 19.5. The summed E-state index contributed by atoms with van der Waals surface area (Å²) in [5, 5.41) is 30.2. The van der Waals surface area contributed by atoms with E-state index in [2.05, 4.69) is 15.8 Å². The molecule has 1 aliphatic carbocycles. The van der Waals surface area contributed by atoms with Crippen molar-refractivity contribution in [2.24, 2.45) is 5.41 Å². The molecule has 4 fully saturated rings. The molecule has 4 aromatic rings. The van der Waals surface area contributed by atoms with Crippen molar-refractivity contribution in [1.82, 2.24) is 19.9 Å². The Kier molecular flexibility index (Phi) is 11.8. The standard InChI is InChI=1S/C40H45F2N5O6.C2H6O/c1-4-27-29(41)9-8-24-19-26(48)20-28(31(24)27)34-33(42)35-32(37(43-34)50-3)36(46-15-18-52-22-39(2,49)21-46)45-38(44-35)53-23-40-12-5-7-30(40)47(14-6-13-40)25-10-16-51-17-11-25;1-2-3/h1,8-9,19-20,25,30,48-49H,5-7,10-18,21-23H2,2-3H3;3H,2H2,1H3. The number of likely N-dealkylation sites (tertiary alicyclic amines) is 1. The molecule has 3 atom stereocenters.